The van der Waals surface area contributed by atoms with Crippen LogP contribution in [-0.4, -0.2) is 29.3 Å². The molecule has 0 bridgehead atoms. The first-order valence-corrected chi connectivity index (χ1v) is 11.2. The van der Waals surface area contributed by atoms with E-state index in [0.717, 1.165) is 16.7 Å². The van der Waals surface area contributed by atoms with Crippen LogP contribution < -0.4 is 9.47 Å². The minimum absolute atomic E-state index is 0.0529. The predicted molar refractivity (Wildman–Crippen MR) is 126 cm³/mol. The lowest BCUT2D eigenvalue weighted by Gasteiger charge is -2.14. The molecule has 31 heavy (non-hydrogen) atoms. The number of hydrogen-bond donors (Lipinski definition) is 0. The molecule has 5 nitrogen and oxygen atoms in total. The molecule has 0 N–H and O–H groups in total. The molecule has 9 heteroatoms. The van der Waals surface area contributed by atoms with Crippen LogP contribution in [0.3, 0.4) is 0 Å². The van der Waals surface area contributed by atoms with Gasteiger partial charge in [0.15, 0.2) is 11.5 Å². The molecule has 2 amide bonds. The summed E-state index contributed by atoms with van der Waals surface area (Å²) in [6.45, 7) is 6.18. The first kappa shape index (κ1) is 23.5. The van der Waals surface area contributed by atoms with Crippen molar-refractivity contribution >= 4 is 63.8 Å². The van der Waals surface area contributed by atoms with Crippen molar-refractivity contribution in [1.82, 2.24) is 4.90 Å². The molecule has 2 aromatic carbocycles. The van der Waals surface area contributed by atoms with Crippen LogP contribution in [0.25, 0.3) is 6.08 Å². The fourth-order valence-electron chi connectivity index (χ4n) is 2.82. The Hall–Kier alpha value is -2.12. The molecule has 0 spiro atoms. The molecule has 2 aromatic rings. The molecule has 1 aliphatic rings. The molecular formula is C22H18Cl3NO4S. The second-order valence-corrected chi connectivity index (χ2v) is 8.61. The predicted octanol–water partition coefficient (Wildman–Crippen LogP) is 6.85. The van der Waals surface area contributed by atoms with Gasteiger partial charge in [-0.25, -0.2) is 0 Å². The maximum Gasteiger partial charge on any atom is 0.293 e. The molecule has 1 fully saturated rings. The molecule has 0 aliphatic carbocycles. The van der Waals surface area contributed by atoms with Crippen LogP contribution in [-0.2, 0) is 11.3 Å². The average molecular weight is 499 g/mol. The quantitative estimate of drug-likeness (QED) is 0.294. The normalized spacial score (nSPS) is 15.0. The van der Waals surface area contributed by atoms with Crippen LogP contribution in [0.1, 0.15) is 18.1 Å². The summed E-state index contributed by atoms with van der Waals surface area (Å²) in [6, 6.07) is 8.27. The minimum atomic E-state index is -0.415. The minimum Gasteiger partial charge on any atom is -0.490 e. The van der Waals surface area contributed by atoms with Gasteiger partial charge in [-0.2, -0.15) is 0 Å². The molecule has 0 aromatic heterocycles. The summed E-state index contributed by atoms with van der Waals surface area (Å²) in [7, 11) is 0. The molecule has 0 radical (unpaired) electrons. The SMILES string of the molecule is C=CCOc1c(Cl)cc(/C=C2\SC(=O)N(Cc3ccc(Cl)cc3Cl)C2=O)cc1OCC. The Morgan fingerprint density at radius 2 is 1.87 bits per heavy atom. The van der Waals surface area contributed by atoms with Gasteiger partial charge in [-0.15, -0.1) is 0 Å². The number of halogens is 3. The van der Waals surface area contributed by atoms with Gasteiger partial charge in [0.2, 0.25) is 0 Å². The number of imide groups is 1. The number of ether oxygens (including phenoxy) is 2. The Balaban J connectivity index is 1.87. The summed E-state index contributed by atoms with van der Waals surface area (Å²) in [5.41, 5.74) is 1.23. The number of carbonyl (C=O) groups is 2. The highest BCUT2D eigenvalue weighted by molar-refractivity contribution is 8.18. The Bertz CT molecular complexity index is 1070. The zero-order valence-electron chi connectivity index (χ0n) is 16.5. The van der Waals surface area contributed by atoms with Crippen LogP contribution in [0.2, 0.25) is 15.1 Å². The topological polar surface area (TPSA) is 55.8 Å². The van der Waals surface area contributed by atoms with Gasteiger partial charge in [0.25, 0.3) is 11.1 Å². The third kappa shape index (κ3) is 5.57. The summed E-state index contributed by atoms with van der Waals surface area (Å²) >= 11 is 19.3. The van der Waals surface area contributed by atoms with Gasteiger partial charge >= 0.3 is 0 Å². The summed E-state index contributed by atoms with van der Waals surface area (Å²) in [4.78, 5) is 26.7. The highest BCUT2D eigenvalue weighted by Gasteiger charge is 2.35. The lowest BCUT2D eigenvalue weighted by molar-refractivity contribution is -0.123. The lowest BCUT2D eigenvalue weighted by Crippen LogP contribution is -2.27. The van der Waals surface area contributed by atoms with E-state index in [1.807, 2.05) is 6.92 Å². The largest absolute Gasteiger partial charge is 0.490 e. The van der Waals surface area contributed by atoms with E-state index in [4.69, 9.17) is 44.3 Å². The smallest absolute Gasteiger partial charge is 0.293 e. The molecule has 3 rings (SSSR count). The second-order valence-electron chi connectivity index (χ2n) is 6.37. The van der Waals surface area contributed by atoms with E-state index in [-0.39, 0.29) is 23.3 Å². The fourth-order valence-corrected chi connectivity index (χ4v) is 4.40. The fraction of sp³-hybridized carbons (Fsp3) is 0.182. The molecule has 0 atom stereocenters. The monoisotopic (exact) mass is 497 g/mol. The van der Waals surface area contributed by atoms with Gasteiger partial charge in [0, 0.05) is 10.0 Å². The number of benzene rings is 2. The number of thioether (sulfide) groups is 1. The molecule has 1 saturated heterocycles. The van der Waals surface area contributed by atoms with Crippen molar-refractivity contribution in [3.05, 3.63) is 74.1 Å². The van der Waals surface area contributed by atoms with Crippen molar-refractivity contribution in [2.45, 2.75) is 13.5 Å². The van der Waals surface area contributed by atoms with Crippen LogP contribution in [0, 0.1) is 0 Å². The van der Waals surface area contributed by atoms with Crippen molar-refractivity contribution in [3.63, 3.8) is 0 Å². The summed E-state index contributed by atoms with van der Waals surface area (Å²) < 4.78 is 11.2. The van der Waals surface area contributed by atoms with Crippen molar-refractivity contribution < 1.29 is 19.1 Å². The van der Waals surface area contributed by atoms with Crippen molar-refractivity contribution in [1.29, 1.82) is 0 Å². The molecule has 0 saturated carbocycles. The number of hydrogen-bond acceptors (Lipinski definition) is 5. The Morgan fingerprint density at radius 1 is 1.10 bits per heavy atom. The number of amides is 2. The summed E-state index contributed by atoms with van der Waals surface area (Å²) in [5, 5.41) is 0.805. The first-order valence-electron chi connectivity index (χ1n) is 9.23. The number of carbonyl (C=O) groups excluding carboxylic acids is 2. The van der Waals surface area contributed by atoms with E-state index >= 15 is 0 Å². The third-order valence-electron chi connectivity index (χ3n) is 4.19. The van der Waals surface area contributed by atoms with E-state index in [1.54, 1.807) is 42.5 Å². The number of rotatable bonds is 8. The van der Waals surface area contributed by atoms with Crippen molar-refractivity contribution in [3.8, 4) is 11.5 Å². The van der Waals surface area contributed by atoms with Crippen molar-refractivity contribution in [2.75, 3.05) is 13.2 Å². The summed E-state index contributed by atoms with van der Waals surface area (Å²) in [5.74, 6) is 0.420. The molecular weight excluding hydrogens is 481 g/mol. The first-order chi connectivity index (χ1) is 14.8. The maximum absolute atomic E-state index is 12.9. The maximum atomic E-state index is 12.9. The molecule has 0 unspecified atom stereocenters. The Kier molecular flexibility index (Phi) is 7.94. The van der Waals surface area contributed by atoms with E-state index in [2.05, 4.69) is 6.58 Å². The molecule has 162 valence electrons. The van der Waals surface area contributed by atoms with Crippen LogP contribution >= 0.6 is 46.6 Å². The van der Waals surface area contributed by atoms with E-state index in [1.165, 1.54) is 0 Å². The molecule has 1 aliphatic heterocycles. The van der Waals surface area contributed by atoms with E-state index in [9.17, 15) is 9.59 Å². The number of nitrogens with zero attached hydrogens (tertiary/aromatic N) is 1. The van der Waals surface area contributed by atoms with Gasteiger partial charge in [0.05, 0.1) is 23.1 Å². The highest BCUT2D eigenvalue weighted by atomic mass is 35.5. The lowest BCUT2D eigenvalue weighted by atomic mass is 10.1. The van der Waals surface area contributed by atoms with E-state index in [0.29, 0.717) is 44.3 Å². The standard InChI is InChI=1S/C22H18Cl3NO4S/c1-3-7-30-20-17(25)8-13(9-18(20)29-4-2)10-19-21(27)26(22(28)31-19)12-14-5-6-15(23)11-16(14)24/h3,5-6,8-11H,1,4,7,12H2,2H3/b19-10-. The average Bonchev–Trinajstić information content (AvgIpc) is 2.97. The zero-order chi connectivity index (χ0) is 22.5. The van der Waals surface area contributed by atoms with Gasteiger partial charge < -0.3 is 9.47 Å². The van der Waals surface area contributed by atoms with Crippen LogP contribution in [0.4, 0.5) is 4.79 Å². The van der Waals surface area contributed by atoms with Crippen molar-refractivity contribution in [2.24, 2.45) is 0 Å². The van der Waals surface area contributed by atoms with Gasteiger partial charge in [-0.3, -0.25) is 14.5 Å². The second kappa shape index (κ2) is 10.5. The van der Waals surface area contributed by atoms with Crippen LogP contribution in [0.5, 0.6) is 11.5 Å². The summed E-state index contributed by atoms with van der Waals surface area (Å²) in [6.07, 6.45) is 3.20. The Morgan fingerprint density at radius 3 is 2.55 bits per heavy atom. The van der Waals surface area contributed by atoms with E-state index < -0.39 is 5.91 Å². The zero-order valence-corrected chi connectivity index (χ0v) is 19.6. The third-order valence-corrected chi connectivity index (χ3v) is 5.97. The van der Waals surface area contributed by atoms with Gasteiger partial charge in [0.1, 0.15) is 6.61 Å². The van der Waals surface area contributed by atoms with Crippen LogP contribution in [0.15, 0.2) is 47.9 Å². The highest BCUT2D eigenvalue weighted by Crippen LogP contribution is 2.39. The van der Waals surface area contributed by atoms with Gasteiger partial charge in [-0.1, -0.05) is 53.5 Å². The molecule has 1 heterocycles. The van der Waals surface area contributed by atoms with Gasteiger partial charge in [-0.05, 0) is 60.2 Å². The Labute approximate surface area is 199 Å².